The number of aliphatic carboxylic acids is 1. The summed E-state index contributed by atoms with van der Waals surface area (Å²) in [7, 11) is 0. The van der Waals surface area contributed by atoms with E-state index in [0.29, 0.717) is 6.54 Å². The molecule has 0 aromatic heterocycles. The second-order valence-corrected chi connectivity index (χ2v) is 6.92. The van der Waals surface area contributed by atoms with Crippen LogP contribution in [0.4, 0.5) is 0 Å². The van der Waals surface area contributed by atoms with Gasteiger partial charge in [0, 0.05) is 6.54 Å². The Balaban J connectivity index is 2.87. The molecular weight excluding hydrogens is 256 g/mol. The summed E-state index contributed by atoms with van der Waals surface area (Å²) in [5.74, 6) is -1.09. The van der Waals surface area contributed by atoms with Gasteiger partial charge in [0.15, 0.2) is 0 Å². The highest BCUT2D eigenvalue weighted by Crippen LogP contribution is 2.33. The highest BCUT2D eigenvalue weighted by molar-refractivity contribution is 5.88. The molecule has 1 aliphatic heterocycles. The van der Waals surface area contributed by atoms with E-state index in [4.69, 9.17) is 0 Å². The van der Waals surface area contributed by atoms with Crippen molar-refractivity contribution < 1.29 is 14.7 Å². The molecular formula is C15H28N2O3. The van der Waals surface area contributed by atoms with Gasteiger partial charge < -0.3 is 15.7 Å². The second kappa shape index (κ2) is 6.57. The third-order valence-corrected chi connectivity index (χ3v) is 4.07. The number of hydrogen-bond acceptors (Lipinski definition) is 3. The highest BCUT2D eigenvalue weighted by atomic mass is 16.4. The van der Waals surface area contributed by atoms with Gasteiger partial charge in [-0.05, 0) is 31.2 Å². The fourth-order valence-corrected chi connectivity index (χ4v) is 2.90. The zero-order valence-corrected chi connectivity index (χ0v) is 13.1. The lowest BCUT2D eigenvalue weighted by atomic mass is 9.75. The summed E-state index contributed by atoms with van der Waals surface area (Å²) in [6.45, 7) is 9.12. The standard InChI is InChI=1S/C15H28N2O3/c1-5-7-15(8-6-9-16-10-15)13(20)17-11(12(18)19)14(2,3)4/h11,16H,5-10H2,1-4H3,(H,17,20)(H,18,19). The first kappa shape index (κ1) is 17.0. The summed E-state index contributed by atoms with van der Waals surface area (Å²) >= 11 is 0. The van der Waals surface area contributed by atoms with E-state index >= 15 is 0 Å². The quantitative estimate of drug-likeness (QED) is 0.719. The smallest absolute Gasteiger partial charge is 0.326 e. The Hall–Kier alpha value is -1.10. The van der Waals surface area contributed by atoms with Gasteiger partial charge in [-0.25, -0.2) is 4.79 Å². The van der Waals surface area contributed by atoms with Crippen molar-refractivity contribution in [1.29, 1.82) is 0 Å². The maximum Gasteiger partial charge on any atom is 0.326 e. The van der Waals surface area contributed by atoms with E-state index in [1.165, 1.54) is 0 Å². The number of rotatable bonds is 5. The topological polar surface area (TPSA) is 78.4 Å². The van der Waals surface area contributed by atoms with Crippen LogP contribution in [0.1, 0.15) is 53.4 Å². The number of carbonyl (C=O) groups excluding carboxylic acids is 1. The highest BCUT2D eigenvalue weighted by Gasteiger charge is 2.42. The Bertz CT molecular complexity index is 349. The molecule has 116 valence electrons. The third-order valence-electron chi connectivity index (χ3n) is 4.07. The van der Waals surface area contributed by atoms with Gasteiger partial charge in [0.05, 0.1) is 5.41 Å². The van der Waals surface area contributed by atoms with Crippen molar-refractivity contribution in [2.75, 3.05) is 13.1 Å². The van der Waals surface area contributed by atoms with Crippen molar-refractivity contribution in [1.82, 2.24) is 10.6 Å². The number of carboxylic acids is 1. The fraction of sp³-hybridized carbons (Fsp3) is 0.867. The Kier molecular flexibility index (Phi) is 5.57. The van der Waals surface area contributed by atoms with Crippen LogP contribution in [0, 0.1) is 10.8 Å². The van der Waals surface area contributed by atoms with Crippen LogP contribution in [0.15, 0.2) is 0 Å². The molecule has 0 aliphatic carbocycles. The Morgan fingerprint density at radius 2 is 2.05 bits per heavy atom. The zero-order chi connectivity index (χ0) is 15.4. The number of hydrogen-bond donors (Lipinski definition) is 3. The lowest BCUT2D eigenvalue weighted by Crippen LogP contribution is -2.57. The number of piperidine rings is 1. The SMILES string of the molecule is CCCC1(C(=O)NC(C(=O)O)C(C)(C)C)CCCNC1. The molecule has 5 nitrogen and oxygen atoms in total. The number of amides is 1. The van der Waals surface area contributed by atoms with E-state index in [-0.39, 0.29) is 5.91 Å². The van der Waals surface area contributed by atoms with Crippen molar-refractivity contribution in [2.45, 2.75) is 59.4 Å². The largest absolute Gasteiger partial charge is 0.480 e. The minimum Gasteiger partial charge on any atom is -0.480 e. The van der Waals surface area contributed by atoms with Crippen molar-refractivity contribution in [3.8, 4) is 0 Å². The van der Waals surface area contributed by atoms with Crippen LogP contribution in [-0.4, -0.2) is 36.1 Å². The second-order valence-electron chi connectivity index (χ2n) is 6.92. The van der Waals surface area contributed by atoms with E-state index in [0.717, 1.165) is 32.2 Å². The lowest BCUT2D eigenvalue weighted by Gasteiger charge is -2.38. The number of carboxylic acid groups (broad SMARTS) is 1. The summed E-state index contributed by atoms with van der Waals surface area (Å²) in [5, 5.41) is 15.4. The Morgan fingerprint density at radius 1 is 1.40 bits per heavy atom. The van der Waals surface area contributed by atoms with Crippen molar-refractivity contribution >= 4 is 11.9 Å². The van der Waals surface area contributed by atoms with Gasteiger partial charge in [-0.15, -0.1) is 0 Å². The van der Waals surface area contributed by atoms with Crippen molar-refractivity contribution in [3.05, 3.63) is 0 Å². The first-order valence-electron chi connectivity index (χ1n) is 7.47. The van der Waals surface area contributed by atoms with Gasteiger partial charge in [0.25, 0.3) is 0 Å². The number of carbonyl (C=O) groups is 2. The molecule has 0 spiro atoms. The van der Waals surface area contributed by atoms with Gasteiger partial charge in [0.1, 0.15) is 6.04 Å². The molecule has 20 heavy (non-hydrogen) atoms. The first-order valence-corrected chi connectivity index (χ1v) is 7.47. The van der Waals surface area contributed by atoms with Gasteiger partial charge in [0.2, 0.25) is 5.91 Å². The molecule has 1 saturated heterocycles. The Morgan fingerprint density at radius 3 is 2.45 bits per heavy atom. The maximum absolute atomic E-state index is 12.7. The molecule has 1 aliphatic rings. The molecule has 0 aromatic carbocycles. The minimum absolute atomic E-state index is 0.117. The molecule has 2 unspecified atom stereocenters. The van der Waals surface area contributed by atoms with Gasteiger partial charge in [-0.3, -0.25) is 4.79 Å². The molecule has 1 fully saturated rings. The molecule has 1 rings (SSSR count). The average molecular weight is 284 g/mol. The molecule has 0 aromatic rings. The van der Waals surface area contributed by atoms with Crippen LogP contribution in [0.2, 0.25) is 0 Å². The van der Waals surface area contributed by atoms with E-state index in [2.05, 4.69) is 17.6 Å². The molecule has 5 heteroatoms. The Labute approximate surface area is 121 Å². The summed E-state index contributed by atoms with van der Waals surface area (Å²) in [6, 6.07) is -0.856. The van der Waals surface area contributed by atoms with E-state index in [1.807, 2.05) is 20.8 Å². The normalized spacial score (nSPS) is 25.0. The predicted molar refractivity (Wildman–Crippen MR) is 78.5 cm³/mol. The van der Waals surface area contributed by atoms with Crippen LogP contribution in [-0.2, 0) is 9.59 Å². The number of nitrogens with one attached hydrogen (secondary N) is 2. The van der Waals surface area contributed by atoms with Gasteiger partial charge in [-0.2, -0.15) is 0 Å². The molecule has 1 amide bonds. The van der Waals surface area contributed by atoms with E-state index < -0.39 is 22.8 Å². The summed E-state index contributed by atoms with van der Waals surface area (Å²) in [6.07, 6.45) is 3.50. The molecule has 3 N–H and O–H groups in total. The van der Waals surface area contributed by atoms with Crippen LogP contribution in [0.25, 0.3) is 0 Å². The van der Waals surface area contributed by atoms with Crippen molar-refractivity contribution in [2.24, 2.45) is 10.8 Å². The monoisotopic (exact) mass is 284 g/mol. The lowest BCUT2D eigenvalue weighted by molar-refractivity contribution is -0.147. The van der Waals surface area contributed by atoms with E-state index in [1.54, 1.807) is 0 Å². The maximum atomic E-state index is 12.7. The molecule has 0 radical (unpaired) electrons. The van der Waals surface area contributed by atoms with Crippen molar-refractivity contribution in [3.63, 3.8) is 0 Å². The van der Waals surface area contributed by atoms with Gasteiger partial charge in [-0.1, -0.05) is 34.1 Å². The van der Waals surface area contributed by atoms with E-state index in [9.17, 15) is 14.7 Å². The van der Waals surface area contributed by atoms with Crippen LogP contribution in [0.3, 0.4) is 0 Å². The molecule has 1 heterocycles. The zero-order valence-electron chi connectivity index (χ0n) is 13.1. The third kappa shape index (κ3) is 3.95. The van der Waals surface area contributed by atoms with Crippen LogP contribution >= 0.6 is 0 Å². The van der Waals surface area contributed by atoms with Crippen LogP contribution < -0.4 is 10.6 Å². The predicted octanol–water partition coefficient (Wildman–Crippen LogP) is 1.77. The minimum atomic E-state index is -0.971. The van der Waals surface area contributed by atoms with Crippen LogP contribution in [0.5, 0.6) is 0 Å². The molecule has 2 atom stereocenters. The summed E-state index contributed by atoms with van der Waals surface area (Å²) in [4.78, 5) is 24.1. The average Bonchev–Trinajstić information content (AvgIpc) is 2.35. The molecule has 0 saturated carbocycles. The summed E-state index contributed by atoms with van der Waals surface area (Å²) in [5.41, 5.74) is -0.955. The first-order chi connectivity index (χ1) is 9.23. The summed E-state index contributed by atoms with van der Waals surface area (Å²) < 4.78 is 0. The molecule has 0 bridgehead atoms. The fourth-order valence-electron chi connectivity index (χ4n) is 2.90. The van der Waals surface area contributed by atoms with Gasteiger partial charge >= 0.3 is 5.97 Å².